The van der Waals surface area contributed by atoms with Gasteiger partial charge in [-0.1, -0.05) is 24.3 Å². The van der Waals surface area contributed by atoms with Gasteiger partial charge in [-0.3, -0.25) is 0 Å². The van der Waals surface area contributed by atoms with Crippen LogP contribution in [0.1, 0.15) is 20.8 Å². The maximum absolute atomic E-state index is 12.5. The summed E-state index contributed by atoms with van der Waals surface area (Å²) in [5.74, 6) is 0. The minimum atomic E-state index is -0.411. The second-order valence-corrected chi connectivity index (χ2v) is 3.00. The van der Waals surface area contributed by atoms with Crippen molar-refractivity contribution in [1.82, 2.24) is 5.32 Å². The van der Waals surface area contributed by atoms with E-state index >= 15 is 0 Å². The molecule has 0 aromatic rings. The molecule has 0 fully saturated rings. The van der Waals surface area contributed by atoms with E-state index in [0.29, 0.717) is 0 Å². The van der Waals surface area contributed by atoms with Crippen LogP contribution in [0.3, 0.4) is 0 Å². The van der Waals surface area contributed by atoms with E-state index in [2.05, 4.69) is 11.9 Å². The van der Waals surface area contributed by atoms with Gasteiger partial charge in [0.1, 0.15) is 6.67 Å². The van der Waals surface area contributed by atoms with Gasteiger partial charge >= 0.3 is 0 Å². The summed E-state index contributed by atoms with van der Waals surface area (Å²) >= 11 is 0. The molecule has 0 aromatic heterocycles. The Morgan fingerprint density at radius 2 is 2.15 bits per heavy atom. The lowest BCUT2D eigenvalue weighted by Gasteiger charge is -2.14. The molecular weight excluding hydrogens is 165 g/mol. The number of alkyl halides is 1. The molecule has 0 spiro atoms. The van der Waals surface area contributed by atoms with Gasteiger partial charge in [-0.25, -0.2) is 4.39 Å². The van der Waals surface area contributed by atoms with Crippen molar-refractivity contribution < 1.29 is 4.39 Å². The van der Waals surface area contributed by atoms with Crippen LogP contribution in [0.2, 0.25) is 0 Å². The maximum Gasteiger partial charge on any atom is 0.113 e. The second kappa shape index (κ2) is 6.46. The molecule has 0 saturated carbocycles. The first-order valence-electron chi connectivity index (χ1n) is 4.39. The zero-order valence-corrected chi connectivity index (χ0v) is 8.60. The topological polar surface area (TPSA) is 12.0 Å². The molecule has 2 heteroatoms. The highest BCUT2D eigenvalue weighted by Crippen LogP contribution is 2.07. The fourth-order valence-electron chi connectivity index (χ4n) is 0.983. The average Bonchev–Trinajstić information content (AvgIpc) is 2.13. The first-order valence-corrected chi connectivity index (χ1v) is 4.39. The second-order valence-electron chi connectivity index (χ2n) is 3.00. The first kappa shape index (κ1) is 11.9. The van der Waals surface area contributed by atoms with Crippen LogP contribution >= 0.6 is 0 Å². The van der Waals surface area contributed by atoms with Crippen molar-refractivity contribution >= 4 is 0 Å². The third kappa shape index (κ3) is 4.51. The Kier molecular flexibility index (Phi) is 5.94. The Balaban J connectivity index is 4.43. The highest BCUT2D eigenvalue weighted by Gasteiger charge is 2.06. The van der Waals surface area contributed by atoms with Crippen molar-refractivity contribution in [2.75, 3.05) is 6.67 Å². The van der Waals surface area contributed by atoms with Gasteiger partial charge in [-0.15, -0.1) is 0 Å². The van der Waals surface area contributed by atoms with Gasteiger partial charge in [-0.2, -0.15) is 0 Å². The van der Waals surface area contributed by atoms with Gasteiger partial charge in [0.15, 0.2) is 0 Å². The van der Waals surface area contributed by atoms with E-state index in [4.69, 9.17) is 0 Å². The normalized spacial score (nSPS) is 15.4. The third-order valence-corrected chi connectivity index (χ3v) is 1.93. The lowest BCUT2D eigenvalue weighted by Crippen LogP contribution is -2.27. The van der Waals surface area contributed by atoms with Crippen molar-refractivity contribution in [2.24, 2.45) is 0 Å². The molecule has 0 aliphatic rings. The molecule has 0 amide bonds. The molecule has 1 atom stereocenters. The van der Waals surface area contributed by atoms with Gasteiger partial charge in [-0.05, 0) is 32.5 Å². The van der Waals surface area contributed by atoms with E-state index in [1.54, 1.807) is 0 Å². The summed E-state index contributed by atoms with van der Waals surface area (Å²) in [6, 6.07) is -0.243. The lowest BCUT2D eigenvalue weighted by atomic mass is 10.1. The number of hydrogen-bond donors (Lipinski definition) is 1. The van der Waals surface area contributed by atoms with Crippen molar-refractivity contribution in [3.8, 4) is 0 Å². The summed E-state index contributed by atoms with van der Waals surface area (Å²) in [4.78, 5) is 0. The summed E-state index contributed by atoms with van der Waals surface area (Å²) in [5, 5.41) is 2.85. The minimum Gasteiger partial charge on any atom is -0.382 e. The van der Waals surface area contributed by atoms with E-state index in [-0.39, 0.29) is 6.04 Å². The van der Waals surface area contributed by atoms with Crippen LogP contribution in [0.15, 0.2) is 36.1 Å². The monoisotopic (exact) mass is 183 g/mol. The van der Waals surface area contributed by atoms with Gasteiger partial charge in [0, 0.05) is 0 Å². The molecule has 0 bridgehead atoms. The smallest absolute Gasteiger partial charge is 0.113 e. The van der Waals surface area contributed by atoms with E-state index in [1.165, 1.54) is 6.20 Å². The predicted molar refractivity (Wildman–Crippen MR) is 56.3 cm³/mol. The van der Waals surface area contributed by atoms with Crippen LogP contribution in [0.25, 0.3) is 0 Å². The van der Waals surface area contributed by atoms with Crippen LogP contribution in [-0.4, -0.2) is 12.7 Å². The van der Waals surface area contributed by atoms with Crippen molar-refractivity contribution in [2.45, 2.75) is 26.8 Å². The number of hydrogen-bond acceptors (Lipinski definition) is 1. The molecule has 0 rings (SSSR count). The van der Waals surface area contributed by atoms with Gasteiger partial charge in [0.25, 0.3) is 0 Å². The van der Waals surface area contributed by atoms with Crippen LogP contribution in [0, 0.1) is 0 Å². The highest BCUT2D eigenvalue weighted by atomic mass is 19.1. The predicted octanol–water partition coefficient (Wildman–Crippen LogP) is 2.97. The van der Waals surface area contributed by atoms with Crippen molar-refractivity contribution in [3.63, 3.8) is 0 Å². The Morgan fingerprint density at radius 3 is 2.54 bits per heavy atom. The number of nitrogens with one attached hydrogen (secondary N) is 1. The van der Waals surface area contributed by atoms with Gasteiger partial charge in [0.2, 0.25) is 0 Å². The van der Waals surface area contributed by atoms with Gasteiger partial charge < -0.3 is 5.32 Å². The third-order valence-electron chi connectivity index (χ3n) is 1.93. The Hall–Kier alpha value is -1.05. The summed E-state index contributed by atoms with van der Waals surface area (Å²) in [6.45, 7) is 8.97. The molecule has 13 heavy (non-hydrogen) atoms. The lowest BCUT2D eigenvalue weighted by molar-refractivity contribution is 0.430. The van der Waals surface area contributed by atoms with Crippen molar-refractivity contribution in [1.29, 1.82) is 0 Å². The fraction of sp³-hybridized carbons (Fsp3) is 0.455. The maximum atomic E-state index is 12.5. The first-order chi connectivity index (χ1) is 6.15. The number of rotatable bonds is 5. The van der Waals surface area contributed by atoms with E-state index in [1.807, 2.05) is 32.9 Å². The van der Waals surface area contributed by atoms with E-state index in [9.17, 15) is 4.39 Å². The molecule has 0 radical (unpaired) electrons. The summed E-state index contributed by atoms with van der Waals surface area (Å²) in [7, 11) is 0. The molecule has 1 unspecified atom stereocenters. The Morgan fingerprint density at radius 1 is 1.54 bits per heavy atom. The average molecular weight is 183 g/mol. The molecule has 1 nitrogen and oxygen atoms in total. The van der Waals surface area contributed by atoms with Crippen molar-refractivity contribution in [3.05, 3.63) is 36.1 Å². The van der Waals surface area contributed by atoms with Crippen LogP contribution in [0.5, 0.6) is 0 Å². The highest BCUT2D eigenvalue weighted by molar-refractivity contribution is 5.23. The molecule has 0 aromatic carbocycles. The quantitative estimate of drug-likeness (QED) is 0.646. The SMILES string of the molecule is C=CNC(CF)/C(C)=C\C(C)=C/C. The number of halogens is 1. The van der Waals surface area contributed by atoms with E-state index < -0.39 is 6.67 Å². The van der Waals surface area contributed by atoms with Crippen LogP contribution in [0.4, 0.5) is 4.39 Å². The van der Waals surface area contributed by atoms with Crippen LogP contribution in [-0.2, 0) is 0 Å². The molecule has 0 aliphatic heterocycles. The summed E-state index contributed by atoms with van der Waals surface area (Å²) in [5.41, 5.74) is 2.12. The molecule has 0 aliphatic carbocycles. The molecule has 1 N–H and O–H groups in total. The molecular formula is C11H18FN. The molecule has 0 heterocycles. The fourth-order valence-corrected chi connectivity index (χ4v) is 0.983. The summed E-state index contributed by atoms with van der Waals surface area (Å²) in [6.07, 6.45) is 5.49. The molecule has 0 saturated heterocycles. The number of allylic oxidation sites excluding steroid dienone is 3. The van der Waals surface area contributed by atoms with E-state index in [0.717, 1.165) is 11.1 Å². The zero-order chi connectivity index (χ0) is 10.3. The van der Waals surface area contributed by atoms with Crippen LogP contribution < -0.4 is 5.32 Å². The largest absolute Gasteiger partial charge is 0.382 e. The Labute approximate surface area is 80.0 Å². The Bertz CT molecular complexity index is 216. The minimum absolute atomic E-state index is 0.243. The zero-order valence-electron chi connectivity index (χ0n) is 8.60. The summed E-state index contributed by atoms with van der Waals surface area (Å²) < 4.78 is 12.5. The standard InChI is InChI=1S/C11H18FN/c1-5-9(3)7-10(4)11(8-12)13-6-2/h5-7,11,13H,2,8H2,1,3-4H3/b9-5-,10-7-. The molecule has 74 valence electrons. The van der Waals surface area contributed by atoms with Gasteiger partial charge in [0.05, 0.1) is 6.04 Å².